The summed E-state index contributed by atoms with van der Waals surface area (Å²) in [7, 11) is 0. The quantitative estimate of drug-likeness (QED) is 0.212. The minimum Gasteiger partial charge on any atom is -0.488 e. The molecule has 0 N–H and O–H groups in total. The molecule has 0 atom stereocenters. The minimum atomic E-state index is -0.173. The van der Waals surface area contributed by atoms with Crippen LogP contribution in [0.5, 0.6) is 5.75 Å². The van der Waals surface area contributed by atoms with Crippen molar-refractivity contribution in [2.45, 2.75) is 46.1 Å². The fourth-order valence-corrected chi connectivity index (χ4v) is 4.82. The van der Waals surface area contributed by atoms with Crippen molar-refractivity contribution >= 4 is 34.7 Å². The Labute approximate surface area is 230 Å². The molecule has 3 aromatic rings. The second-order valence-corrected chi connectivity index (χ2v) is 9.93. The lowest BCUT2D eigenvalue weighted by molar-refractivity contribution is 0.305. The van der Waals surface area contributed by atoms with Gasteiger partial charge in [0.15, 0.2) is 0 Å². The molecule has 0 bridgehead atoms. The Hall–Kier alpha value is -4.31. The maximum atomic E-state index is 9.46. The van der Waals surface area contributed by atoms with E-state index in [4.69, 9.17) is 15.3 Å². The third-order valence-electron chi connectivity index (χ3n) is 6.05. The van der Waals surface area contributed by atoms with E-state index in [0.717, 1.165) is 66.2 Å². The lowest BCUT2D eigenvalue weighted by Gasteiger charge is -2.25. The molecule has 3 rings (SSSR count). The van der Waals surface area contributed by atoms with E-state index in [-0.39, 0.29) is 11.1 Å². The molecule has 0 spiro atoms. The van der Waals surface area contributed by atoms with Crippen LogP contribution in [-0.2, 0) is 6.61 Å². The van der Waals surface area contributed by atoms with Crippen LogP contribution in [-0.4, -0.2) is 13.1 Å². The second-order valence-electron chi connectivity index (χ2n) is 8.81. The number of benzene rings is 2. The Morgan fingerprint density at radius 1 is 0.868 bits per heavy atom. The number of nitriles is 3. The third-order valence-corrected chi connectivity index (χ3v) is 7.12. The highest BCUT2D eigenvalue weighted by atomic mass is 32.1. The molecule has 0 amide bonds. The van der Waals surface area contributed by atoms with Gasteiger partial charge in [0.1, 0.15) is 36.1 Å². The average Bonchev–Trinajstić information content (AvgIpc) is 3.43. The smallest absolute Gasteiger partial charge is 0.148 e. The summed E-state index contributed by atoms with van der Waals surface area (Å²) < 4.78 is 6.34. The van der Waals surface area contributed by atoms with Crippen LogP contribution in [0.15, 0.2) is 66.2 Å². The second kappa shape index (κ2) is 15.1. The van der Waals surface area contributed by atoms with Gasteiger partial charge in [0.2, 0.25) is 0 Å². The van der Waals surface area contributed by atoms with Crippen molar-refractivity contribution in [3.8, 4) is 24.0 Å². The summed E-state index contributed by atoms with van der Waals surface area (Å²) in [5.41, 5.74) is 3.15. The number of nitrogens with zero attached hydrogens (tertiary/aromatic N) is 4. The topological polar surface area (TPSA) is 83.8 Å². The summed E-state index contributed by atoms with van der Waals surface area (Å²) >= 11 is 1.37. The number of hydrogen-bond acceptors (Lipinski definition) is 6. The average molecular weight is 521 g/mol. The highest BCUT2D eigenvalue weighted by Crippen LogP contribution is 2.31. The van der Waals surface area contributed by atoms with Crippen molar-refractivity contribution < 1.29 is 4.74 Å². The first-order valence-electron chi connectivity index (χ1n) is 12.9. The van der Waals surface area contributed by atoms with Crippen LogP contribution in [0.3, 0.4) is 0 Å². The summed E-state index contributed by atoms with van der Waals surface area (Å²) in [4.78, 5) is 3.95. The molecule has 0 unspecified atom stereocenters. The monoisotopic (exact) mass is 520 g/mol. The molecule has 0 saturated heterocycles. The van der Waals surface area contributed by atoms with Gasteiger partial charge in [-0.05, 0) is 54.8 Å². The van der Waals surface area contributed by atoms with Crippen molar-refractivity contribution in [1.82, 2.24) is 0 Å². The summed E-state index contributed by atoms with van der Waals surface area (Å²) in [6, 6.07) is 25.8. The maximum Gasteiger partial charge on any atom is 0.148 e. The summed E-state index contributed by atoms with van der Waals surface area (Å²) in [5, 5.41) is 27.8. The normalized spacial score (nSPS) is 10.4. The number of rotatable bonds is 13. The van der Waals surface area contributed by atoms with Crippen LogP contribution in [0.1, 0.15) is 60.4 Å². The first-order chi connectivity index (χ1) is 18.6. The molecule has 0 aliphatic carbocycles. The Morgan fingerprint density at radius 3 is 2.21 bits per heavy atom. The standard InChI is InChI=1S/C32H32N4OS/c1-3-5-18-36(19-6-4-2)28-14-12-26(31(20-28)37-24-25-10-8-7-9-11-25)13-15-29-16-17-32(38-29)30(23-35)27(21-33)22-34/h7-17,20H,3-6,18-19,24H2,1-2H3. The van der Waals surface area contributed by atoms with E-state index in [9.17, 15) is 5.26 Å². The van der Waals surface area contributed by atoms with Gasteiger partial charge in [-0.2, -0.15) is 15.8 Å². The van der Waals surface area contributed by atoms with Crippen LogP contribution in [0.2, 0.25) is 0 Å². The zero-order chi connectivity index (χ0) is 27.2. The van der Waals surface area contributed by atoms with Gasteiger partial charge in [0.25, 0.3) is 0 Å². The molecule has 0 fully saturated rings. The van der Waals surface area contributed by atoms with Crippen LogP contribution in [0.4, 0.5) is 5.69 Å². The van der Waals surface area contributed by atoms with E-state index in [1.807, 2.05) is 54.6 Å². The molecule has 1 heterocycles. The van der Waals surface area contributed by atoms with E-state index in [1.54, 1.807) is 6.07 Å². The Kier molecular flexibility index (Phi) is 11.2. The van der Waals surface area contributed by atoms with E-state index < -0.39 is 0 Å². The van der Waals surface area contributed by atoms with Crippen molar-refractivity contribution in [1.29, 1.82) is 15.8 Å². The zero-order valence-electron chi connectivity index (χ0n) is 22.0. The minimum absolute atomic E-state index is 0.107. The van der Waals surface area contributed by atoms with Gasteiger partial charge in [-0.15, -0.1) is 11.3 Å². The van der Waals surface area contributed by atoms with E-state index in [1.165, 1.54) is 11.3 Å². The third kappa shape index (κ3) is 7.84. The highest BCUT2D eigenvalue weighted by molar-refractivity contribution is 7.14. The van der Waals surface area contributed by atoms with E-state index in [2.05, 4.69) is 49.1 Å². The fraction of sp³-hybridized carbons (Fsp3) is 0.281. The largest absolute Gasteiger partial charge is 0.488 e. The van der Waals surface area contributed by atoms with Gasteiger partial charge in [-0.25, -0.2) is 0 Å². The summed E-state index contributed by atoms with van der Waals surface area (Å²) in [6.45, 7) is 6.94. The number of unbranched alkanes of at least 4 members (excludes halogenated alkanes) is 2. The summed E-state index contributed by atoms with van der Waals surface area (Å²) in [6.07, 6.45) is 8.56. The first-order valence-corrected chi connectivity index (χ1v) is 13.7. The molecule has 0 aliphatic rings. The van der Waals surface area contributed by atoms with E-state index in [0.29, 0.717) is 11.5 Å². The molecule has 0 aliphatic heterocycles. The Morgan fingerprint density at radius 2 is 1.58 bits per heavy atom. The molecule has 1 aromatic heterocycles. The van der Waals surface area contributed by atoms with Gasteiger partial charge in [0, 0.05) is 40.2 Å². The molecule has 2 aromatic carbocycles. The molecule has 0 saturated carbocycles. The van der Waals surface area contributed by atoms with Crippen LogP contribution >= 0.6 is 11.3 Å². The number of hydrogen-bond donors (Lipinski definition) is 0. The molecule has 38 heavy (non-hydrogen) atoms. The van der Waals surface area contributed by atoms with Crippen molar-refractivity contribution in [2.24, 2.45) is 0 Å². The number of anilines is 1. The van der Waals surface area contributed by atoms with Crippen molar-refractivity contribution in [3.63, 3.8) is 0 Å². The number of allylic oxidation sites excluding steroid dienone is 2. The predicted molar refractivity (Wildman–Crippen MR) is 156 cm³/mol. The molecular weight excluding hydrogens is 488 g/mol. The van der Waals surface area contributed by atoms with Gasteiger partial charge in [-0.1, -0.05) is 57.0 Å². The lowest BCUT2D eigenvalue weighted by Crippen LogP contribution is -2.25. The van der Waals surface area contributed by atoms with Gasteiger partial charge in [0.05, 0.1) is 5.57 Å². The van der Waals surface area contributed by atoms with Crippen molar-refractivity contribution in [2.75, 3.05) is 18.0 Å². The first kappa shape index (κ1) is 28.3. The fourth-order valence-electron chi connectivity index (χ4n) is 3.91. The van der Waals surface area contributed by atoms with Crippen LogP contribution in [0, 0.1) is 34.0 Å². The Balaban J connectivity index is 1.92. The Bertz CT molecular complexity index is 1360. The SMILES string of the molecule is CCCCN(CCCC)c1ccc(C=Cc2ccc(C(C#N)=C(C#N)C#N)s2)c(OCc2ccccc2)c1. The van der Waals surface area contributed by atoms with Crippen LogP contribution < -0.4 is 9.64 Å². The zero-order valence-corrected chi connectivity index (χ0v) is 22.8. The van der Waals surface area contributed by atoms with Crippen molar-refractivity contribution in [3.05, 3.63) is 87.1 Å². The molecule has 5 nitrogen and oxygen atoms in total. The van der Waals surface area contributed by atoms with Gasteiger partial charge < -0.3 is 9.64 Å². The molecule has 6 heteroatoms. The highest BCUT2D eigenvalue weighted by Gasteiger charge is 2.12. The van der Waals surface area contributed by atoms with Gasteiger partial charge in [-0.3, -0.25) is 0 Å². The molecule has 192 valence electrons. The summed E-state index contributed by atoms with van der Waals surface area (Å²) in [5.74, 6) is 0.811. The van der Waals surface area contributed by atoms with Gasteiger partial charge >= 0.3 is 0 Å². The predicted octanol–water partition coefficient (Wildman–Crippen LogP) is 8.23. The van der Waals surface area contributed by atoms with Crippen LogP contribution in [0.25, 0.3) is 17.7 Å². The molecule has 0 radical (unpaired) electrons. The maximum absolute atomic E-state index is 9.46. The molecular formula is C32H32N4OS. The number of thiophene rings is 1. The lowest BCUT2D eigenvalue weighted by atomic mass is 10.1. The number of ether oxygens (including phenoxy) is 1. The van der Waals surface area contributed by atoms with E-state index >= 15 is 0 Å².